The average Bonchev–Trinajstić information content (AvgIpc) is 3.14. The number of nitrogens with zero attached hydrogens (tertiary/aromatic N) is 2. The first-order valence-corrected chi connectivity index (χ1v) is 13.2. The Hall–Kier alpha value is -1.78. The van der Waals surface area contributed by atoms with Crippen LogP contribution in [0, 0.1) is 20.8 Å². The third-order valence-corrected chi connectivity index (χ3v) is 7.64. The first-order valence-electron chi connectivity index (χ1n) is 9.55. The molecule has 4 rings (SSSR count). The fraction of sp³-hybridized carbons (Fsp3) is 0.0435. The van der Waals surface area contributed by atoms with Crippen LogP contribution in [0.25, 0.3) is 6.08 Å². The molecule has 11 heteroatoms. The third-order valence-electron chi connectivity index (χ3n) is 4.66. The van der Waals surface area contributed by atoms with Crippen LogP contribution in [0.5, 0.6) is 5.75 Å². The number of nitro groups is 1. The van der Waals surface area contributed by atoms with Gasteiger partial charge in [-0.3, -0.25) is 10.1 Å². The molecule has 0 spiro atoms. The van der Waals surface area contributed by atoms with Crippen molar-refractivity contribution in [3.05, 3.63) is 103 Å². The summed E-state index contributed by atoms with van der Waals surface area (Å²) < 4.78 is 14.2. The predicted octanol–water partition coefficient (Wildman–Crippen LogP) is 6.99. The maximum Gasteiger partial charge on any atom is 0.363 e. The summed E-state index contributed by atoms with van der Waals surface area (Å²) in [6.07, 6.45) is 1.61. The van der Waals surface area contributed by atoms with E-state index >= 15 is 0 Å². The fourth-order valence-electron chi connectivity index (χ4n) is 3.04. The first-order chi connectivity index (χ1) is 16.2. The molecule has 0 atom stereocenters. The van der Waals surface area contributed by atoms with Crippen molar-refractivity contribution < 1.29 is 19.2 Å². The van der Waals surface area contributed by atoms with Crippen molar-refractivity contribution in [2.24, 2.45) is 4.99 Å². The van der Waals surface area contributed by atoms with Gasteiger partial charge in [0, 0.05) is 20.8 Å². The second kappa shape index (κ2) is 10.9. The highest BCUT2D eigenvalue weighted by molar-refractivity contribution is 14.1. The Morgan fingerprint density at radius 3 is 2.44 bits per heavy atom. The van der Waals surface area contributed by atoms with E-state index in [2.05, 4.69) is 72.8 Å². The zero-order valence-electron chi connectivity index (χ0n) is 16.9. The van der Waals surface area contributed by atoms with Crippen LogP contribution in [0.2, 0.25) is 5.02 Å². The average molecular weight is 813 g/mol. The Morgan fingerprint density at radius 2 is 1.76 bits per heavy atom. The monoisotopic (exact) mass is 812 g/mol. The van der Waals surface area contributed by atoms with Crippen LogP contribution < -0.4 is 4.74 Å². The van der Waals surface area contributed by atoms with E-state index < -0.39 is 10.9 Å². The molecule has 1 aliphatic heterocycles. The summed E-state index contributed by atoms with van der Waals surface area (Å²) in [5, 5.41) is 11.1. The lowest BCUT2D eigenvalue weighted by Gasteiger charge is -2.12. The number of rotatable bonds is 6. The lowest BCUT2D eigenvalue weighted by Crippen LogP contribution is -2.06. The van der Waals surface area contributed by atoms with Crippen LogP contribution >= 0.6 is 79.4 Å². The van der Waals surface area contributed by atoms with Crippen LogP contribution in [0.3, 0.4) is 0 Å². The van der Waals surface area contributed by atoms with Crippen molar-refractivity contribution >= 4 is 103 Å². The molecule has 7 nitrogen and oxygen atoms in total. The molecule has 1 heterocycles. The molecule has 3 aromatic rings. The largest absolute Gasteiger partial charge is 0.487 e. The number of carbonyl (C=O) groups excluding carboxylic acids is 1. The predicted molar refractivity (Wildman–Crippen MR) is 154 cm³/mol. The molecule has 1 aliphatic rings. The molecule has 0 aliphatic carbocycles. The second-order valence-electron chi connectivity index (χ2n) is 6.95. The van der Waals surface area contributed by atoms with Gasteiger partial charge in [-0.05, 0) is 110 Å². The Morgan fingerprint density at radius 1 is 1.06 bits per heavy atom. The number of hydrogen-bond donors (Lipinski definition) is 0. The minimum absolute atomic E-state index is 0.0112. The summed E-state index contributed by atoms with van der Waals surface area (Å²) in [7, 11) is 0. The number of halogens is 4. The number of benzene rings is 3. The van der Waals surface area contributed by atoms with Crippen molar-refractivity contribution in [1.29, 1.82) is 0 Å². The molecule has 0 saturated heterocycles. The molecule has 0 radical (unpaired) electrons. The number of carbonyl (C=O) groups is 1. The van der Waals surface area contributed by atoms with Crippen LogP contribution in [-0.4, -0.2) is 16.8 Å². The molecule has 0 aromatic heterocycles. The molecule has 0 N–H and O–H groups in total. The van der Waals surface area contributed by atoms with Gasteiger partial charge in [0.25, 0.3) is 5.69 Å². The van der Waals surface area contributed by atoms with Gasteiger partial charge in [-0.2, -0.15) is 0 Å². The van der Waals surface area contributed by atoms with Crippen LogP contribution in [0.15, 0.2) is 65.3 Å². The minimum atomic E-state index is -0.642. The van der Waals surface area contributed by atoms with Gasteiger partial charge in [0.2, 0.25) is 5.90 Å². The summed E-state index contributed by atoms with van der Waals surface area (Å²) in [4.78, 5) is 27.2. The fourth-order valence-corrected chi connectivity index (χ4v) is 5.90. The maximum atomic E-state index is 12.4. The zero-order valence-corrected chi connectivity index (χ0v) is 24.2. The Labute approximate surface area is 240 Å². The normalized spacial score (nSPS) is 14.2. The minimum Gasteiger partial charge on any atom is -0.487 e. The number of ether oxygens (including phenoxy) is 2. The van der Waals surface area contributed by atoms with E-state index in [1.165, 1.54) is 18.2 Å². The smallest absolute Gasteiger partial charge is 0.363 e. The SMILES string of the molecule is O=C1OC(c2ccc(Cl)c([N+](=O)[O-])c2)=N/C1=C\c1cc(I)c(OCc2ccccc2I)c(I)c1. The van der Waals surface area contributed by atoms with E-state index in [4.69, 9.17) is 21.1 Å². The van der Waals surface area contributed by atoms with Gasteiger partial charge < -0.3 is 9.47 Å². The van der Waals surface area contributed by atoms with Gasteiger partial charge in [-0.25, -0.2) is 9.79 Å². The molecule has 34 heavy (non-hydrogen) atoms. The number of esters is 1. The first kappa shape index (κ1) is 25.3. The van der Waals surface area contributed by atoms with Crippen molar-refractivity contribution in [2.45, 2.75) is 6.61 Å². The number of cyclic esters (lactones) is 1. The molecular formula is C23H12ClI3N2O5. The van der Waals surface area contributed by atoms with Crippen molar-refractivity contribution in [2.75, 3.05) is 0 Å². The Bertz CT molecular complexity index is 1370. The van der Waals surface area contributed by atoms with E-state index in [0.717, 1.165) is 27.6 Å². The topological polar surface area (TPSA) is 91.0 Å². The lowest BCUT2D eigenvalue weighted by molar-refractivity contribution is -0.384. The summed E-state index contributed by atoms with van der Waals surface area (Å²) in [6.45, 7) is 0.443. The van der Waals surface area contributed by atoms with Gasteiger partial charge in [0.15, 0.2) is 5.70 Å². The van der Waals surface area contributed by atoms with Crippen molar-refractivity contribution in [3.8, 4) is 5.75 Å². The number of hydrogen-bond acceptors (Lipinski definition) is 6. The zero-order chi connectivity index (χ0) is 24.4. The summed E-state index contributed by atoms with van der Waals surface area (Å²) >= 11 is 12.5. The number of aliphatic imine (C=N–C) groups is 1. The summed E-state index contributed by atoms with van der Waals surface area (Å²) in [5.41, 5.74) is 1.93. The highest BCUT2D eigenvalue weighted by Crippen LogP contribution is 2.32. The van der Waals surface area contributed by atoms with Crippen LogP contribution in [0.1, 0.15) is 16.7 Å². The molecule has 0 unspecified atom stereocenters. The second-order valence-corrected chi connectivity index (χ2v) is 10.8. The van der Waals surface area contributed by atoms with Gasteiger partial charge in [-0.1, -0.05) is 29.8 Å². The van der Waals surface area contributed by atoms with Crippen LogP contribution in [-0.2, 0) is 16.1 Å². The highest BCUT2D eigenvalue weighted by atomic mass is 127. The summed E-state index contributed by atoms with van der Waals surface area (Å²) in [5.74, 6) is 0.101. The van der Waals surface area contributed by atoms with E-state index in [9.17, 15) is 14.9 Å². The quantitative estimate of drug-likeness (QED) is 0.0882. The van der Waals surface area contributed by atoms with E-state index in [1.807, 2.05) is 36.4 Å². The Balaban J connectivity index is 1.58. The van der Waals surface area contributed by atoms with Crippen molar-refractivity contribution in [1.82, 2.24) is 0 Å². The molecule has 172 valence electrons. The number of nitro benzene ring substituents is 1. The van der Waals surface area contributed by atoms with Gasteiger partial charge in [0.05, 0.1) is 12.1 Å². The van der Waals surface area contributed by atoms with Gasteiger partial charge >= 0.3 is 5.97 Å². The van der Waals surface area contributed by atoms with Crippen molar-refractivity contribution in [3.63, 3.8) is 0 Å². The standard InChI is InChI=1S/C23H12ClI3N2O5/c24-15-6-5-13(10-20(15)29(31)32)22-28-19(23(30)34-22)9-12-7-17(26)21(18(27)8-12)33-11-14-3-1-2-4-16(14)25/h1-10H,11H2/b19-9-. The third kappa shape index (κ3) is 5.71. The van der Waals surface area contributed by atoms with Crippen LogP contribution in [0.4, 0.5) is 5.69 Å². The molecule has 0 bridgehead atoms. The molecule has 0 fully saturated rings. The Kier molecular flexibility index (Phi) is 8.09. The van der Waals surface area contributed by atoms with Gasteiger partial charge in [-0.15, -0.1) is 0 Å². The molecule has 0 amide bonds. The molecule has 3 aromatic carbocycles. The highest BCUT2D eigenvalue weighted by Gasteiger charge is 2.26. The molecule has 0 saturated carbocycles. The van der Waals surface area contributed by atoms with E-state index in [0.29, 0.717) is 6.61 Å². The van der Waals surface area contributed by atoms with E-state index in [1.54, 1.807) is 6.08 Å². The maximum absolute atomic E-state index is 12.4. The summed E-state index contributed by atoms with van der Waals surface area (Å²) in [6, 6.07) is 15.9. The van der Waals surface area contributed by atoms with E-state index in [-0.39, 0.29) is 27.9 Å². The van der Waals surface area contributed by atoms with Gasteiger partial charge in [0.1, 0.15) is 17.4 Å². The lowest BCUT2D eigenvalue weighted by atomic mass is 10.2. The molecular weight excluding hydrogens is 800 g/mol.